The normalized spacial score (nSPS) is 19.7. The Kier molecular flexibility index (Phi) is 3.54. The second-order valence-electron chi connectivity index (χ2n) is 6.99. The van der Waals surface area contributed by atoms with Gasteiger partial charge in [0, 0.05) is 41.9 Å². The van der Waals surface area contributed by atoms with E-state index >= 15 is 0 Å². The van der Waals surface area contributed by atoms with Crippen molar-refractivity contribution in [3.8, 4) is 0 Å². The van der Waals surface area contributed by atoms with E-state index in [-0.39, 0.29) is 17.2 Å². The van der Waals surface area contributed by atoms with E-state index in [9.17, 15) is 25.0 Å². The van der Waals surface area contributed by atoms with Crippen molar-refractivity contribution >= 4 is 17.2 Å². The third kappa shape index (κ3) is 2.30. The Morgan fingerprint density at radius 3 is 2.31 bits per heavy atom. The maximum Gasteiger partial charge on any atom is 0.298 e. The molecule has 1 saturated heterocycles. The average Bonchev–Trinajstić information content (AvgIpc) is 3.30. The van der Waals surface area contributed by atoms with Gasteiger partial charge in [-0.3, -0.25) is 25.0 Å². The van der Waals surface area contributed by atoms with Gasteiger partial charge in [-0.1, -0.05) is 36.4 Å². The van der Waals surface area contributed by atoms with Crippen molar-refractivity contribution in [1.82, 2.24) is 10.2 Å². The van der Waals surface area contributed by atoms with Crippen LogP contribution in [0.25, 0.3) is 5.70 Å². The number of benzene rings is 2. The molecule has 9 heteroatoms. The molecule has 144 valence electrons. The lowest BCUT2D eigenvalue weighted by Crippen LogP contribution is -2.32. The lowest BCUT2D eigenvalue weighted by molar-refractivity contribution is -0.431. The maximum absolute atomic E-state index is 13.3. The van der Waals surface area contributed by atoms with Crippen LogP contribution in [-0.4, -0.2) is 33.6 Å². The van der Waals surface area contributed by atoms with Crippen LogP contribution in [0.2, 0.25) is 0 Å². The molecule has 3 aliphatic rings. The van der Waals surface area contributed by atoms with Gasteiger partial charge in [0.05, 0.1) is 15.5 Å². The number of ketones is 1. The first-order valence-corrected chi connectivity index (χ1v) is 9.01. The molecule has 1 unspecified atom stereocenters. The smallest absolute Gasteiger partial charge is 0.298 e. The summed E-state index contributed by atoms with van der Waals surface area (Å²) in [6.07, 6.45) is 0. The highest BCUT2D eigenvalue weighted by Gasteiger charge is 2.50. The third-order valence-electron chi connectivity index (χ3n) is 5.53. The highest BCUT2D eigenvalue weighted by Crippen LogP contribution is 2.50. The van der Waals surface area contributed by atoms with Crippen molar-refractivity contribution in [1.29, 1.82) is 0 Å². The van der Waals surface area contributed by atoms with Crippen molar-refractivity contribution < 1.29 is 14.6 Å². The molecule has 9 nitrogen and oxygen atoms in total. The summed E-state index contributed by atoms with van der Waals surface area (Å²) in [4.78, 5) is 37.2. The Balaban J connectivity index is 1.77. The van der Waals surface area contributed by atoms with Crippen LogP contribution in [0.1, 0.15) is 27.4 Å². The number of nitro benzene ring substituents is 1. The predicted molar refractivity (Wildman–Crippen MR) is 102 cm³/mol. The lowest BCUT2D eigenvalue weighted by atomic mass is 9.83. The van der Waals surface area contributed by atoms with Crippen LogP contribution in [0.15, 0.2) is 65.6 Å². The molecule has 5 rings (SSSR count). The molecule has 1 atom stereocenters. The molecule has 1 aliphatic carbocycles. The summed E-state index contributed by atoms with van der Waals surface area (Å²) < 4.78 is 0. The topological polar surface area (TPSA) is 119 Å². The van der Waals surface area contributed by atoms with E-state index in [1.807, 2.05) is 12.1 Å². The Labute approximate surface area is 164 Å². The third-order valence-corrected chi connectivity index (χ3v) is 5.53. The second kappa shape index (κ2) is 5.99. The van der Waals surface area contributed by atoms with Crippen LogP contribution in [0.4, 0.5) is 5.69 Å². The molecule has 1 fully saturated rings. The summed E-state index contributed by atoms with van der Waals surface area (Å²) in [5.74, 6) is -0.789. The highest BCUT2D eigenvalue weighted by atomic mass is 16.6. The van der Waals surface area contributed by atoms with Crippen LogP contribution in [0.3, 0.4) is 0 Å². The van der Waals surface area contributed by atoms with E-state index in [0.717, 1.165) is 5.56 Å². The van der Waals surface area contributed by atoms with Crippen molar-refractivity contribution in [3.05, 3.63) is 103 Å². The number of carbonyl (C=O) groups is 1. The van der Waals surface area contributed by atoms with Crippen LogP contribution in [0, 0.1) is 20.2 Å². The maximum atomic E-state index is 13.3. The molecule has 2 aliphatic heterocycles. The summed E-state index contributed by atoms with van der Waals surface area (Å²) in [6.45, 7) is 1.03. The van der Waals surface area contributed by atoms with Gasteiger partial charge in [0.15, 0.2) is 11.6 Å². The first kappa shape index (κ1) is 17.1. The number of nitro groups is 2. The lowest BCUT2D eigenvalue weighted by Gasteiger charge is -2.30. The van der Waals surface area contributed by atoms with Gasteiger partial charge in [0.25, 0.3) is 11.4 Å². The first-order chi connectivity index (χ1) is 14.0. The van der Waals surface area contributed by atoms with Crippen molar-refractivity contribution in [3.63, 3.8) is 0 Å². The van der Waals surface area contributed by atoms with E-state index < -0.39 is 15.8 Å². The van der Waals surface area contributed by atoms with E-state index in [0.29, 0.717) is 41.3 Å². The van der Waals surface area contributed by atoms with Gasteiger partial charge in [-0.15, -0.1) is 0 Å². The minimum absolute atomic E-state index is 0.115. The van der Waals surface area contributed by atoms with Crippen LogP contribution >= 0.6 is 0 Å². The Morgan fingerprint density at radius 2 is 1.66 bits per heavy atom. The van der Waals surface area contributed by atoms with Crippen LogP contribution in [0.5, 0.6) is 0 Å². The van der Waals surface area contributed by atoms with E-state index in [1.165, 1.54) is 24.3 Å². The van der Waals surface area contributed by atoms with Gasteiger partial charge in [-0.05, 0) is 5.56 Å². The van der Waals surface area contributed by atoms with Crippen molar-refractivity contribution in [2.45, 2.75) is 5.92 Å². The zero-order chi connectivity index (χ0) is 20.3. The summed E-state index contributed by atoms with van der Waals surface area (Å²) in [5.41, 5.74) is 2.53. The number of hydrogen-bond donors (Lipinski definition) is 1. The van der Waals surface area contributed by atoms with Crippen molar-refractivity contribution in [2.75, 3.05) is 13.1 Å². The molecular formula is C20H14N4O5. The van der Waals surface area contributed by atoms with E-state index in [1.54, 1.807) is 17.0 Å². The molecule has 2 aromatic carbocycles. The molecule has 2 heterocycles. The Morgan fingerprint density at radius 1 is 0.966 bits per heavy atom. The number of allylic oxidation sites excluding steroid dienone is 1. The molecule has 0 amide bonds. The second-order valence-corrected chi connectivity index (χ2v) is 6.99. The van der Waals surface area contributed by atoms with Gasteiger partial charge < -0.3 is 10.2 Å². The summed E-state index contributed by atoms with van der Waals surface area (Å²) in [6, 6.07) is 12.7. The van der Waals surface area contributed by atoms with Crippen LogP contribution in [-0.2, 0) is 0 Å². The molecule has 0 bridgehead atoms. The number of Topliss-reactive ketones (excluding diaryl/α,β-unsaturated/α-hetero) is 1. The fourth-order valence-electron chi connectivity index (χ4n) is 4.37. The molecule has 0 spiro atoms. The first-order valence-electron chi connectivity index (χ1n) is 9.01. The quantitative estimate of drug-likeness (QED) is 0.632. The van der Waals surface area contributed by atoms with Gasteiger partial charge in [-0.2, -0.15) is 0 Å². The molecule has 0 aromatic heterocycles. The Hall–Kier alpha value is -4.01. The van der Waals surface area contributed by atoms with Gasteiger partial charge >= 0.3 is 0 Å². The number of hydrogen-bond acceptors (Lipinski definition) is 7. The number of fused-ring (bicyclic) bond motifs is 4. The molecule has 0 radical (unpaired) electrons. The van der Waals surface area contributed by atoms with E-state index in [2.05, 4.69) is 5.32 Å². The summed E-state index contributed by atoms with van der Waals surface area (Å²) in [7, 11) is 0. The number of non-ortho nitro benzene ring substituents is 1. The molecular weight excluding hydrogens is 376 g/mol. The molecule has 29 heavy (non-hydrogen) atoms. The molecule has 2 aromatic rings. The van der Waals surface area contributed by atoms with Gasteiger partial charge in [-0.25, -0.2) is 0 Å². The predicted octanol–water partition coefficient (Wildman–Crippen LogP) is 2.65. The number of rotatable bonds is 3. The average molecular weight is 390 g/mol. The van der Waals surface area contributed by atoms with E-state index in [4.69, 9.17) is 0 Å². The minimum atomic E-state index is -0.919. The fraction of sp³-hybridized carbons (Fsp3) is 0.150. The van der Waals surface area contributed by atoms with Gasteiger partial charge in [0.2, 0.25) is 0 Å². The molecule has 0 saturated carbocycles. The van der Waals surface area contributed by atoms with Crippen molar-refractivity contribution in [2.24, 2.45) is 0 Å². The largest absolute Gasteiger partial charge is 0.364 e. The minimum Gasteiger partial charge on any atom is -0.364 e. The SMILES string of the molecule is O=C1C2=C(c3ccccc31)N1CCNC1=C([N+](=O)[O-])C2c1ccc([N+](=O)[O-])cc1. The summed E-state index contributed by atoms with van der Waals surface area (Å²) in [5, 5.41) is 26.2. The zero-order valence-corrected chi connectivity index (χ0v) is 15.0. The fourth-order valence-corrected chi connectivity index (χ4v) is 4.37. The highest BCUT2D eigenvalue weighted by molar-refractivity contribution is 6.22. The van der Waals surface area contributed by atoms with Crippen LogP contribution < -0.4 is 5.32 Å². The van der Waals surface area contributed by atoms with Gasteiger partial charge in [0.1, 0.15) is 5.92 Å². The zero-order valence-electron chi connectivity index (χ0n) is 15.0. The molecule has 1 N–H and O–H groups in total. The summed E-state index contributed by atoms with van der Waals surface area (Å²) >= 11 is 0. The Bertz CT molecular complexity index is 1170. The number of nitrogens with zero attached hydrogens (tertiary/aromatic N) is 3. The number of carbonyl (C=O) groups excluding carboxylic acids is 1. The number of nitrogens with one attached hydrogen (secondary N) is 1. The monoisotopic (exact) mass is 390 g/mol. The standard InChI is InChI=1S/C20H14N4O5/c25-19-14-4-2-1-3-13(14)17-16(19)15(11-5-7-12(8-6-11)23(26)27)18(24(28)29)20-21-9-10-22(17)20/h1-8,15,21H,9-10H2.